The van der Waals surface area contributed by atoms with Crippen LogP contribution in [0.2, 0.25) is 0 Å². The number of hydrazine groups is 1. The van der Waals surface area contributed by atoms with Crippen LogP contribution >= 0.6 is 0 Å². The van der Waals surface area contributed by atoms with E-state index in [1.807, 2.05) is 56.0 Å². The highest BCUT2D eigenvalue weighted by Crippen LogP contribution is 2.25. The molecule has 1 aliphatic rings. The molecule has 0 fully saturated rings. The van der Waals surface area contributed by atoms with Gasteiger partial charge in [-0.15, -0.1) is 0 Å². The monoisotopic (exact) mass is 484 g/mol. The summed E-state index contributed by atoms with van der Waals surface area (Å²) >= 11 is 0. The van der Waals surface area contributed by atoms with Gasteiger partial charge in [0, 0.05) is 16.8 Å². The van der Waals surface area contributed by atoms with Gasteiger partial charge in [-0.25, -0.2) is 5.01 Å². The van der Waals surface area contributed by atoms with Gasteiger partial charge >= 0.3 is 0 Å². The van der Waals surface area contributed by atoms with Gasteiger partial charge < -0.3 is 14.8 Å². The predicted octanol–water partition coefficient (Wildman–Crippen LogP) is 3.13. The van der Waals surface area contributed by atoms with Crippen LogP contribution in [-0.4, -0.2) is 48.2 Å². The summed E-state index contributed by atoms with van der Waals surface area (Å²) in [5.74, 6) is -0.576. The Labute approximate surface area is 211 Å². The first-order valence-electron chi connectivity index (χ1n) is 11.6. The lowest BCUT2D eigenvalue weighted by molar-refractivity contribution is 0.0356. The molecule has 0 radical (unpaired) electrons. The molecular weight excluding hydrogens is 455 g/mol. The largest absolute Gasteiger partial charge is 0.507 e. The minimum absolute atomic E-state index is 0.0923. The highest BCUT2D eigenvalue weighted by Gasteiger charge is 2.32. The van der Waals surface area contributed by atoms with Crippen LogP contribution in [0.15, 0.2) is 65.8 Å². The third-order valence-electron chi connectivity index (χ3n) is 6.03. The van der Waals surface area contributed by atoms with Crippen LogP contribution in [0.25, 0.3) is 0 Å². The normalized spacial score (nSPS) is 12.4. The van der Waals surface area contributed by atoms with Crippen molar-refractivity contribution in [3.63, 3.8) is 0 Å². The van der Waals surface area contributed by atoms with E-state index in [2.05, 4.69) is 10.5 Å². The number of nitrogens with one attached hydrogen (secondary N) is 1. The summed E-state index contributed by atoms with van der Waals surface area (Å²) in [6, 6.07) is 18.1. The van der Waals surface area contributed by atoms with Gasteiger partial charge in [0.1, 0.15) is 11.5 Å². The zero-order chi connectivity index (χ0) is 26.0. The van der Waals surface area contributed by atoms with E-state index >= 15 is 0 Å². The molecule has 0 bridgehead atoms. The van der Waals surface area contributed by atoms with Crippen LogP contribution in [0.5, 0.6) is 11.5 Å². The van der Waals surface area contributed by atoms with Crippen LogP contribution in [-0.2, 0) is 0 Å². The Balaban J connectivity index is 1.65. The van der Waals surface area contributed by atoms with Crippen molar-refractivity contribution in [2.75, 3.05) is 12.0 Å². The van der Waals surface area contributed by atoms with Gasteiger partial charge in [-0.3, -0.25) is 15.0 Å². The number of fused-ring (bicyclic) bond motifs is 1. The van der Waals surface area contributed by atoms with Crippen LogP contribution in [0.3, 0.4) is 0 Å². The topological polar surface area (TPSA) is 94.5 Å². The van der Waals surface area contributed by atoms with Crippen molar-refractivity contribution < 1.29 is 19.4 Å². The summed E-state index contributed by atoms with van der Waals surface area (Å²) in [6.07, 6.45) is 1.66. The summed E-state index contributed by atoms with van der Waals surface area (Å²) in [7, 11) is 1.97. The van der Waals surface area contributed by atoms with Gasteiger partial charge in [-0.1, -0.05) is 24.3 Å². The van der Waals surface area contributed by atoms with E-state index in [9.17, 15) is 14.7 Å². The molecule has 2 N–H and O–H groups in total. The van der Waals surface area contributed by atoms with Crippen molar-refractivity contribution in [1.82, 2.24) is 10.4 Å². The van der Waals surface area contributed by atoms with Crippen LogP contribution in [0, 0.1) is 6.92 Å². The van der Waals surface area contributed by atoms with Crippen molar-refractivity contribution in [2.24, 2.45) is 5.10 Å². The summed E-state index contributed by atoms with van der Waals surface area (Å²) in [5.41, 5.74) is 5.59. The predicted molar refractivity (Wildman–Crippen MR) is 143 cm³/mol. The quantitative estimate of drug-likeness (QED) is 0.439. The molecule has 1 aliphatic heterocycles. The summed E-state index contributed by atoms with van der Waals surface area (Å²) in [5, 5.41) is 16.5. The lowest BCUT2D eigenvalue weighted by Crippen LogP contribution is -2.56. The number of aromatic hydroxyl groups is 1. The minimum Gasteiger partial charge on any atom is -0.507 e. The Morgan fingerprint density at radius 3 is 2.44 bits per heavy atom. The number of benzene rings is 3. The van der Waals surface area contributed by atoms with E-state index < -0.39 is 17.4 Å². The fourth-order valence-electron chi connectivity index (χ4n) is 4.06. The zero-order valence-corrected chi connectivity index (χ0v) is 21.1. The average Bonchev–Trinajstić information content (AvgIpc) is 2.86. The fourth-order valence-corrected chi connectivity index (χ4v) is 4.06. The van der Waals surface area contributed by atoms with Gasteiger partial charge in [0.25, 0.3) is 19.2 Å². The molecule has 2 amide bonds. The Bertz CT molecular complexity index is 1340. The molecule has 36 heavy (non-hydrogen) atoms. The van der Waals surface area contributed by atoms with Gasteiger partial charge in [0.15, 0.2) is 0 Å². The number of hydrazone groups is 1. The third kappa shape index (κ3) is 4.91. The molecule has 4 rings (SSSR count). The summed E-state index contributed by atoms with van der Waals surface area (Å²) in [6.45, 7) is 7.21. The number of rotatable bonds is 4. The SMILES string of the molecule is COc1cccc(C(=O)NN(C(=O)c2cc3c(cc2O)C=NN(c2ccccc2)B3)C(C)(C)C)c1C. The summed E-state index contributed by atoms with van der Waals surface area (Å²) < 4.78 is 5.33. The van der Waals surface area contributed by atoms with Crippen molar-refractivity contribution in [1.29, 1.82) is 0 Å². The molecule has 0 spiro atoms. The first kappa shape index (κ1) is 24.8. The maximum Gasteiger partial charge on any atom is 0.300 e. The van der Waals surface area contributed by atoms with E-state index in [1.165, 1.54) is 18.2 Å². The lowest BCUT2D eigenvalue weighted by atomic mass is 9.76. The van der Waals surface area contributed by atoms with Crippen molar-refractivity contribution in [3.05, 3.63) is 82.9 Å². The number of carbonyl (C=O) groups is 2. The third-order valence-corrected chi connectivity index (χ3v) is 6.03. The molecule has 0 atom stereocenters. The number of carbonyl (C=O) groups excluding carboxylic acids is 2. The number of phenolic OH excluding ortho intramolecular Hbond substituents is 1. The maximum atomic E-state index is 13.7. The zero-order valence-electron chi connectivity index (χ0n) is 21.1. The molecule has 1 heterocycles. The fraction of sp³-hybridized carbons (Fsp3) is 0.222. The number of para-hydroxylation sites is 1. The van der Waals surface area contributed by atoms with Gasteiger partial charge in [-0.2, -0.15) is 5.10 Å². The average molecular weight is 484 g/mol. The second-order valence-corrected chi connectivity index (χ2v) is 9.59. The van der Waals surface area contributed by atoms with E-state index in [0.717, 1.165) is 16.7 Å². The standard InChI is InChI=1S/C27H29BN4O4/c1-17-20(12-9-13-24(17)36-5)25(34)30-31(27(2,3)4)26(35)21-15-22-18(14-23(21)33)16-29-32(28-22)19-10-7-6-8-11-19/h6-16,28,33H,1-5H3,(H,30,34). The molecular formula is C27H29BN4O4. The molecule has 0 saturated heterocycles. The molecule has 0 unspecified atom stereocenters. The number of ether oxygens (including phenoxy) is 1. The molecule has 0 saturated carbocycles. The molecule has 8 nitrogen and oxygen atoms in total. The van der Waals surface area contributed by atoms with E-state index in [-0.39, 0.29) is 11.3 Å². The Hall–Kier alpha value is -4.27. The molecule has 184 valence electrons. The van der Waals surface area contributed by atoms with Gasteiger partial charge in [0.2, 0.25) is 0 Å². The second-order valence-electron chi connectivity index (χ2n) is 9.59. The van der Waals surface area contributed by atoms with Crippen molar-refractivity contribution in [2.45, 2.75) is 33.2 Å². The number of nitrogens with zero attached hydrogens (tertiary/aromatic N) is 3. The maximum absolute atomic E-state index is 13.7. The summed E-state index contributed by atoms with van der Waals surface area (Å²) in [4.78, 5) is 28.7. The second kappa shape index (κ2) is 9.77. The van der Waals surface area contributed by atoms with E-state index in [4.69, 9.17) is 4.74 Å². The van der Waals surface area contributed by atoms with Crippen molar-refractivity contribution in [3.8, 4) is 11.5 Å². The number of anilines is 1. The highest BCUT2D eigenvalue weighted by molar-refractivity contribution is 6.60. The number of methoxy groups -OCH3 is 1. The first-order chi connectivity index (χ1) is 17.1. The number of hydrogen-bond donors (Lipinski definition) is 2. The van der Waals surface area contributed by atoms with Crippen molar-refractivity contribution >= 4 is 36.6 Å². The van der Waals surface area contributed by atoms with Crippen LogP contribution in [0.4, 0.5) is 5.69 Å². The number of amides is 2. The molecule has 0 aromatic heterocycles. The van der Waals surface area contributed by atoms with E-state index in [0.29, 0.717) is 24.3 Å². The molecule has 0 aliphatic carbocycles. The smallest absolute Gasteiger partial charge is 0.300 e. The van der Waals surface area contributed by atoms with E-state index in [1.54, 1.807) is 37.4 Å². The Morgan fingerprint density at radius 1 is 1.06 bits per heavy atom. The minimum atomic E-state index is -0.778. The van der Waals surface area contributed by atoms with Gasteiger partial charge in [-0.05, 0) is 75.1 Å². The van der Waals surface area contributed by atoms with Crippen LogP contribution in [0.1, 0.15) is 52.6 Å². The highest BCUT2D eigenvalue weighted by atomic mass is 16.5. The Morgan fingerprint density at radius 2 is 1.78 bits per heavy atom. The lowest BCUT2D eigenvalue weighted by Gasteiger charge is -2.36. The first-order valence-corrected chi connectivity index (χ1v) is 11.6. The molecule has 3 aromatic carbocycles. The van der Waals surface area contributed by atoms with Gasteiger partial charge in [0.05, 0.1) is 24.4 Å². The molecule has 3 aromatic rings. The molecule has 9 heteroatoms. The Kier molecular flexibility index (Phi) is 6.74. The van der Waals surface area contributed by atoms with Crippen LogP contribution < -0.4 is 20.5 Å². The number of hydrogen-bond acceptors (Lipinski definition) is 6. The number of phenols is 1.